The third-order valence-electron chi connectivity index (χ3n) is 2.45. The van der Waals surface area contributed by atoms with Crippen LogP contribution in [-0.2, 0) is 14.3 Å². The largest absolute Gasteiger partial charge is 0.437 e. The summed E-state index contributed by atoms with van der Waals surface area (Å²) in [7, 11) is 0. The van der Waals surface area contributed by atoms with Gasteiger partial charge >= 0.3 is 5.97 Å². The van der Waals surface area contributed by atoms with Gasteiger partial charge in [-0.15, -0.1) is 0 Å². The molecular formula is C10H10ClN3O3S. The molecule has 1 amide bonds. The Morgan fingerprint density at radius 1 is 1.67 bits per heavy atom. The van der Waals surface area contributed by atoms with E-state index in [9.17, 15) is 9.59 Å². The Morgan fingerprint density at radius 3 is 2.94 bits per heavy atom. The van der Waals surface area contributed by atoms with Gasteiger partial charge in [-0.25, -0.2) is 9.88 Å². The zero-order valence-corrected chi connectivity index (χ0v) is 11.3. The van der Waals surface area contributed by atoms with E-state index in [4.69, 9.17) is 16.3 Å². The predicted octanol–water partition coefficient (Wildman–Crippen LogP) is 1.68. The molecule has 0 radical (unpaired) electrons. The molecule has 6 nitrogen and oxygen atoms in total. The Balaban J connectivity index is 2.33. The van der Waals surface area contributed by atoms with Crippen LogP contribution in [0.4, 0.5) is 5.13 Å². The van der Waals surface area contributed by atoms with Crippen LogP contribution >= 0.6 is 23.1 Å². The number of rotatable bonds is 3. The van der Waals surface area contributed by atoms with Crippen LogP contribution in [0.3, 0.4) is 0 Å². The average Bonchev–Trinajstić information content (AvgIpc) is 2.94. The maximum atomic E-state index is 12.0. The van der Waals surface area contributed by atoms with E-state index in [1.165, 1.54) is 11.2 Å². The van der Waals surface area contributed by atoms with Gasteiger partial charge < -0.3 is 4.74 Å². The average molecular weight is 288 g/mol. The molecule has 0 spiro atoms. The molecule has 1 unspecified atom stereocenters. The van der Waals surface area contributed by atoms with E-state index < -0.39 is 18.1 Å². The van der Waals surface area contributed by atoms with Gasteiger partial charge in [-0.1, -0.05) is 18.5 Å². The summed E-state index contributed by atoms with van der Waals surface area (Å²) < 4.78 is 9.03. The van der Waals surface area contributed by atoms with Crippen molar-refractivity contribution in [2.24, 2.45) is 0 Å². The summed E-state index contributed by atoms with van der Waals surface area (Å²) in [6.07, 6.45) is 0.720. The fraction of sp³-hybridized carbons (Fsp3) is 0.400. The van der Waals surface area contributed by atoms with E-state index in [1.807, 2.05) is 0 Å². The smallest absolute Gasteiger partial charge is 0.307 e. The van der Waals surface area contributed by atoms with Crippen LogP contribution in [0, 0.1) is 0 Å². The molecule has 2 heterocycles. The quantitative estimate of drug-likeness (QED) is 0.791. The van der Waals surface area contributed by atoms with Crippen molar-refractivity contribution in [1.29, 1.82) is 0 Å². The second-order valence-corrected chi connectivity index (χ2v) is 4.73. The van der Waals surface area contributed by atoms with Crippen molar-refractivity contribution < 1.29 is 14.3 Å². The highest BCUT2D eigenvalue weighted by molar-refractivity contribution is 7.09. The normalized spacial score (nSPS) is 19.6. The van der Waals surface area contributed by atoms with Crippen molar-refractivity contribution in [1.82, 2.24) is 9.36 Å². The molecule has 18 heavy (non-hydrogen) atoms. The van der Waals surface area contributed by atoms with Crippen LogP contribution in [0.5, 0.6) is 0 Å². The Hall–Kier alpha value is -1.47. The van der Waals surface area contributed by atoms with Gasteiger partial charge in [0.05, 0.1) is 0 Å². The standard InChI is InChI=1S/C10H10ClN3O3S/c1-3-6(15)17-9-5(2)7(11)8(16)14(9)10-12-4-13-18-10/h4,9H,3H2,1-2H3. The monoisotopic (exact) mass is 287 g/mol. The second kappa shape index (κ2) is 5.03. The first-order valence-electron chi connectivity index (χ1n) is 5.22. The highest BCUT2D eigenvalue weighted by Gasteiger charge is 2.41. The SMILES string of the molecule is CCC(=O)OC1C(C)=C(Cl)C(=O)N1c1ncns1. The van der Waals surface area contributed by atoms with E-state index >= 15 is 0 Å². The zero-order valence-electron chi connectivity index (χ0n) is 9.71. The molecule has 0 saturated heterocycles. The number of aromatic nitrogens is 2. The minimum atomic E-state index is -0.828. The molecule has 0 aliphatic carbocycles. The Kier molecular flexibility index (Phi) is 3.63. The van der Waals surface area contributed by atoms with Crippen molar-refractivity contribution in [3.8, 4) is 0 Å². The maximum absolute atomic E-state index is 12.0. The van der Waals surface area contributed by atoms with Crippen molar-refractivity contribution in [2.45, 2.75) is 26.5 Å². The van der Waals surface area contributed by atoms with Gasteiger partial charge in [0.1, 0.15) is 11.4 Å². The fourth-order valence-electron chi connectivity index (χ4n) is 1.49. The third kappa shape index (κ3) is 2.11. The summed E-state index contributed by atoms with van der Waals surface area (Å²) in [4.78, 5) is 28.5. The Bertz CT molecular complexity index is 514. The molecule has 0 saturated carbocycles. The summed E-state index contributed by atoms with van der Waals surface area (Å²) in [6, 6.07) is 0. The summed E-state index contributed by atoms with van der Waals surface area (Å²) in [5, 5.41) is 0.406. The number of nitrogens with zero attached hydrogens (tertiary/aromatic N) is 3. The van der Waals surface area contributed by atoms with E-state index in [1.54, 1.807) is 13.8 Å². The lowest BCUT2D eigenvalue weighted by Gasteiger charge is -2.22. The molecule has 0 fully saturated rings. The summed E-state index contributed by atoms with van der Waals surface area (Å²) in [6.45, 7) is 3.32. The van der Waals surface area contributed by atoms with Gasteiger partial charge in [0, 0.05) is 23.5 Å². The van der Waals surface area contributed by atoms with Crippen LogP contribution in [0.2, 0.25) is 0 Å². The molecule has 1 aromatic rings. The second-order valence-electron chi connectivity index (χ2n) is 3.59. The van der Waals surface area contributed by atoms with Crippen molar-refractivity contribution in [3.05, 3.63) is 16.9 Å². The number of carbonyl (C=O) groups excluding carboxylic acids is 2. The van der Waals surface area contributed by atoms with E-state index in [-0.39, 0.29) is 11.5 Å². The molecule has 1 aliphatic heterocycles. The molecule has 0 bridgehead atoms. The molecule has 1 aromatic heterocycles. The van der Waals surface area contributed by atoms with Crippen LogP contribution in [-0.4, -0.2) is 27.5 Å². The minimum absolute atomic E-state index is 0.0547. The molecule has 0 aromatic carbocycles. The van der Waals surface area contributed by atoms with Gasteiger partial charge in [-0.3, -0.25) is 9.59 Å². The third-order valence-corrected chi connectivity index (χ3v) is 3.57. The summed E-state index contributed by atoms with van der Waals surface area (Å²) in [5.74, 6) is -0.840. The fourth-order valence-corrected chi connectivity index (χ4v) is 2.23. The van der Waals surface area contributed by atoms with E-state index in [0.717, 1.165) is 11.5 Å². The molecule has 0 N–H and O–H groups in total. The first-order valence-corrected chi connectivity index (χ1v) is 6.37. The van der Waals surface area contributed by atoms with Gasteiger partial charge in [-0.2, -0.15) is 4.37 Å². The van der Waals surface area contributed by atoms with Gasteiger partial charge in [0.25, 0.3) is 5.91 Å². The van der Waals surface area contributed by atoms with Crippen molar-refractivity contribution in [2.75, 3.05) is 4.90 Å². The number of esters is 1. The van der Waals surface area contributed by atoms with Crippen molar-refractivity contribution in [3.63, 3.8) is 0 Å². The summed E-state index contributed by atoms with van der Waals surface area (Å²) in [5.41, 5.74) is 0.499. The van der Waals surface area contributed by atoms with Gasteiger partial charge in [0.2, 0.25) is 11.4 Å². The predicted molar refractivity (Wildman–Crippen MR) is 66.1 cm³/mol. The summed E-state index contributed by atoms with van der Waals surface area (Å²) >= 11 is 6.93. The number of anilines is 1. The Labute approximate surface area is 112 Å². The lowest BCUT2D eigenvalue weighted by molar-refractivity contribution is -0.147. The lowest BCUT2D eigenvalue weighted by atomic mass is 10.3. The van der Waals surface area contributed by atoms with Crippen molar-refractivity contribution >= 4 is 40.1 Å². The molecule has 2 rings (SSSR count). The molecular weight excluding hydrogens is 278 g/mol. The van der Waals surface area contributed by atoms with Crippen LogP contribution in [0.25, 0.3) is 0 Å². The lowest BCUT2D eigenvalue weighted by Crippen LogP contribution is -2.38. The number of amides is 1. The number of carbonyl (C=O) groups is 2. The van der Waals surface area contributed by atoms with E-state index in [2.05, 4.69) is 9.36 Å². The number of halogens is 1. The number of ether oxygens (including phenoxy) is 1. The highest BCUT2D eigenvalue weighted by Crippen LogP contribution is 2.33. The highest BCUT2D eigenvalue weighted by atomic mass is 35.5. The maximum Gasteiger partial charge on any atom is 0.307 e. The molecule has 96 valence electrons. The zero-order chi connectivity index (χ0) is 13.3. The van der Waals surface area contributed by atoms with E-state index in [0.29, 0.717) is 10.7 Å². The van der Waals surface area contributed by atoms with Crippen LogP contribution in [0.1, 0.15) is 20.3 Å². The minimum Gasteiger partial charge on any atom is -0.437 e. The molecule has 8 heteroatoms. The first kappa shape index (κ1) is 13.0. The topological polar surface area (TPSA) is 72.4 Å². The van der Waals surface area contributed by atoms with Crippen LogP contribution in [0.15, 0.2) is 16.9 Å². The Morgan fingerprint density at radius 2 is 2.39 bits per heavy atom. The van der Waals surface area contributed by atoms with Gasteiger partial charge in [-0.05, 0) is 6.92 Å². The number of hydrogen-bond donors (Lipinski definition) is 0. The number of hydrogen-bond acceptors (Lipinski definition) is 6. The van der Waals surface area contributed by atoms with Gasteiger partial charge in [0.15, 0.2) is 0 Å². The van der Waals surface area contributed by atoms with Crippen LogP contribution < -0.4 is 4.90 Å². The molecule has 1 aliphatic rings. The molecule has 1 atom stereocenters. The first-order chi connectivity index (χ1) is 8.56.